The number of hydrogen-bond donors (Lipinski definition) is 1. The highest BCUT2D eigenvalue weighted by molar-refractivity contribution is 5.89. The van der Waals surface area contributed by atoms with E-state index in [0.29, 0.717) is 29.4 Å². The van der Waals surface area contributed by atoms with E-state index in [-0.39, 0.29) is 6.61 Å². The van der Waals surface area contributed by atoms with Crippen LogP contribution in [0.15, 0.2) is 67.0 Å². The molecule has 0 radical (unpaired) electrons. The van der Waals surface area contributed by atoms with Gasteiger partial charge in [-0.05, 0) is 47.2 Å². The second-order valence-electron chi connectivity index (χ2n) is 6.00. The number of ether oxygens (including phenoxy) is 2. The zero-order valence-electron chi connectivity index (χ0n) is 15.2. The molecule has 9 nitrogen and oxygen atoms in total. The predicted molar refractivity (Wildman–Crippen MR) is 102 cm³/mol. The molecule has 4 aromatic rings. The van der Waals surface area contributed by atoms with Gasteiger partial charge in [0.25, 0.3) is 0 Å². The van der Waals surface area contributed by atoms with Crippen molar-refractivity contribution in [3.8, 4) is 17.3 Å². The van der Waals surface area contributed by atoms with Gasteiger partial charge in [-0.2, -0.15) is 5.21 Å². The van der Waals surface area contributed by atoms with Crippen molar-refractivity contribution in [2.45, 2.75) is 13.2 Å². The zero-order chi connectivity index (χ0) is 19.9. The molecule has 0 aliphatic carbocycles. The van der Waals surface area contributed by atoms with Crippen molar-refractivity contribution < 1.29 is 14.3 Å². The highest BCUT2D eigenvalue weighted by Crippen LogP contribution is 2.15. The molecule has 0 amide bonds. The molecule has 0 unspecified atom stereocenters. The summed E-state index contributed by atoms with van der Waals surface area (Å²) in [5, 5.41) is 13.5. The SMILES string of the molecule is O=C(OCc1ccc(OCc2ccccn2)cc1)c1ccc(-c2nn[nH]n2)nc1. The minimum absolute atomic E-state index is 0.145. The topological polar surface area (TPSA) is 116 Å². The van der Waals surface area contributed by atoms with E-state index in [9.17, 15) is 4.79 Å². The number of H-pyrrole nitrogens is 1. The van der Waals surface area contributed by atoms with E-state index < -0.39 is 5.97 Å². The first-order valence-corrected chi connectivity index (χ1v) is 8.76. The molecular weight excluding hydrogens is 372 g/mol. The van der Waals surface area contributed by atoms with Gasteiger partial charge in [-0.1, -0.05) is 18.2 Å². The van der Waals surface area contributed by atoms with Crippen LogP contribution in [0.5, 0.6) is 5.75 Å². The maximum atomic E-state index is 12.2. The van der Waals surface area contributed by atoms with Crippen molar-refractivity contribution in [1.82, 2.24) is 30.6 Å². The lowest BCUT2D eigenvalue weighted by atomic mass is 10.2. The maximum absolute atomic E-state index is 12.2. The number of aromatic amines is 1. The normalized spacial score (nSPS) is 10.5. The lowest BCUT2D eigenvalue weighted by Gasteiger charge is -2.08. The van der Waals surface area contributed by atoms with Gasteiger partial charge in [0.1, 0.15) is 24.7 Å². The van der Waals surface area contributed by atoms with Crippen LogP contribution in [0, 0.1) is 0 Å². The van der Waals surface area contributed by atoms with E-state index in [1.807, 2.05) is 42.5 Å². The first kappa shape index (κ1) is 18.2. The van der Waals surface area contributed by atoms with Crippen molar-refractivity contribution >= 4 is 5.97 Å². The molecule has 0 aliphatic heterocycles. The molecule has 4 rings (SSSR count). The van der Waals surface area contributed by atoms with Crippen molar-refractivity contribution in [2.24, 2.45) is 0 Å². The van der Waals surface area contributed by atoms with E-state index >= 15 is 0 Å². The molecule has 0 bridgehead atoms. The average molecular weight is 388 g/mol. The number of nitrogens with one attached hydrogen (secondary N) is 1. The zero-order valence-corrected chi connectivity index (χ0v) is 15.2. The third-order valence-corrected chi connectivity index (χ3v) is 3.98. The smallest absolute Gasteiger partial charge is 0.340 e. The van der Waals surface area contributed by atoms with Crippen LogP contribution in [-0.4, -0.2) is 36.6 Å². The van der Waals surface area contributed by atoms with E-state index in [1.165, 1.54) is 6.20 Å². The van der Waals surface area contributed by atoms with Gasteiger partial charge in [0.2, 0.25) is 5.82 Å². The molecule has 1 aromatic carbocycles. The minimum Gasteiger partial charge on any atom is -0.487 e. The summed E-state index contributed by atoms with van der Waals surface area (Å²) in [5.41, 5.74) is 2.55. The summed E-state index contributed by atoms with van der Waals surface area (Å²) in [6.07, 6.45) is 3.15. The molecule has 0 saturated carbocycles. The van der Waals surface area contributed by atoms with Gasteiger partial charge in [-0.25, -0.2) is 4.79 Å². The highest BCUT2D eigenvalue weighted by Gasteiger charge is 2.10. The van der Waals surface area contributed by atoms with Gasteiger partial charge < -0.3 is 9.47 Å². The Bertz CT molecular complexity index is 1050. The Labute approximate surface area is 165 Å². The number of pyridine rings is 2. The van der Waals surface area contributed by atoms with Gasteiger partial charge in [-0.3, -0.25) is 9.97 Å². The lowest BCUT2D eigenvalue weighted by Crippen LogP contribution is -2.06. The van der Waals surface area contributed by atoms with Crippen LogP contribution in [0.2, 0.25) is 0 Å². The van der Waals surface area contributed by atoms with E-state index in [0.717, 1.165) is 11.3 Å². The molecule has 3 heterocycles. The second kappa shape index (κ2) is 8.70. The number of rotatable bonds is 7. The summed E-state index contributed by atoms with van der Waals surface area (Å²) >= 11 is 0. The monoisotopic (exact) mass is 388 g/mol. The van der Waals surface area contributed by atoms with Crippen LogP contribution < -0.4 is 4.74 Å². The van der Waals surface area contributed by atoms with Gasteiger partial charge in [-0.15, -0.1) is 10.2 Å². The predicted octanol–water partition coefficient (Wildman–Crippen LogP) is 2.59. The number of nitrogens with zero attached hydrogens (tertiary/aromatic N) is 5. The van der Waals surface area contributed by atoms with Crippen LogP contribution in [0.1, 0.15) is 21.6 Å². The number of benzene rings is 1. The van der Waals surface area contributed by atoms with Crippen molar-refractivity contribution in [3.05, 3.63) is 83.8 Å². The largest absolute Gasteiger partial charge is 0.487 e. The van der Waals surface area contributed by atoms with Crippen molar-refractivity contribution in [1.29, 1.82) is 0 Å². The van der Waals surface area contributed by atoms with Gasteiger partial charge >= 0.3 is 5.97 Å². The highest BCUT2D eigenvalue weighted by atomic mass is 16.5. The minimum atomic E-state index is -0.465. The fourth-order valence-corrected chi connectivity index (χ4v) is 2.47. The van der Waals surface area contributed by atoms with Crippen LogP contribution >= 0.6 is 0 Å². The molecule has 3 aromatic heterocycles. The van der Waals surface area contributed by atoms with Crippen LogP contribution in [0.4, 0.5) is 0 Å². The van der Waals surface area contributed by atoms with Crippen LogP contribution in [-0.2, 0) is 18.0 Å². The quantitative estimate of drug-likeness (QED) is 0.480. The fourth-order valence-electron chi connectivity index (χ4n) is 2.47. The second-order valence-corrected chi connectivity index (χ2v) is 6.00. The van der Waals surface area contributed by atoms with Gasteiger partial charge in [0.15, 0.2) is 0 Å². The maximum Gasteiger partial charge on any atom is 0.340 e. The molecule has 0 aliphatic rings. The van der Waals surface area contributed by atoms with Crippen LogP contribution in [0.3, 0.4) is 0 Å². The van der Waals surface area contributed by atoms with E-state index in [2.05, 4.69) is 30.6 Å². The standard InChI is InChI=1S/C20H16N6O3/c27-20(15-6-9-18(22-11-15)19-23-25-26-24-19)29-12-14-4-7-17(8-5-14)28-13-16-3-1-2-10-21-16/h1-11H,12-13H2,(H,23,24,25,26). The summed E-state index contributed by atoms with van der Waals surface area (Å²) in [6.45, 7) is 0.536. The summed E-state index contributed by atoms with van der Waals surface area (Å²) in [4.78, 5) is 20.6. The number of hydrogen-bond acceptors (Lipinski definition) is 8. The van der Waals surface area contributed by atoms with Crippen molar-refractivity contribution in [3.63, 3.8) is 0 Å². The summed E-state index contributed by atoms with van der Waals surface area (Å²) in [5.74, 6) is 0.606. The molecule has 0 saturated heterocycles. The fraction of sp³-hybridized carbons (Fsp3) is 0.100. The Morgan fingerprint density at radius 2 is 1.86 bits per heavy atom. The Kier molecular flexibility index (Phi) is 5.47. The number of tetrazole rings is 1. The molecule has 1 N–H and O–H groups in total. The Morgan fingerprint density at radius 1 is 0.966 bits per heavy atom. The molecule has 144 valence electrons. The number of esters is 1. The Morgan fingerprint density at radius 3 is 2.55 bits per heavy atom. The first-order chi connectivity index (χ1) is 14.3. The van der Waals surface area contributed by atoms with Crippen molar-refractivity contribution in [2.75, 3.05) is 0 Å². The molecule has 0 atom stereocenters. The first-order valence-electron chi connectivity index (χ1n) is 8.76. The average Bonchev–Trinajstić information content (AvgIpc) is 3.33. The number of carbonyl (C=O) groups is 1. The van der Waals surface area contributed by atoms with Gasteiger partial charge in [0, 0.05) is 12.4 Å². The van der Waals surface area contributed by atoms with Gasteiger partial charge in [0.05, 0.1) is 11.3 Å². The Hall–Kier alpha value is -4.14. The summed E-state index contributed by atoms with van der Waals surface area (Å²) < 4.78 is 11.0. The molecule has 0 spiro atoms. The molecular formula is C20H16N6O3. The summed E-state index contributed by atoms with van der Waals surface area (Å²) in [7, 11) is 0. The lowest BCUT2D eigenvalue weighted by molar-refractivity contribution is 0.0472. The number of carbonyl (C=O) groups excluding carboxylic acids is 1. The Balaban J connectivity index is 1.29. The third-order valence-electron chi connectivity index (χ3n) is 3.98. The molecule has 0 fully saturated rings. The molecule has 29 heavy (non-hydrogen) atoms. The number of aromatic nitrogens is 6. The third kappa shape index (κ3) is 4.78. The summed E-state index contributed by atoms with van der Waals surface area (Å²) in [6, 6.07) is 16.3. The molecule has 9 heteroatoms. The van der Waals surface area contributed by atoms with E-state index in [4.69, 9.17) is 9.47 Å². The van der Waals surface area contributed by atoms with E-state index in [1.54, 1.807) is 18.3 Å². The van der Waals surface area contributed by atoms with Crippen LogP contribution in [0.25, 0.3) is 11.5 Å².